The Morgan fingerprint density at radius 3 is 1.73 bits per heavy atom. The summed E-state index contributed by atoms with van der Waals surface area (Å²) in [5.41, 5.74) is 0. The molecule has 8 heteroatoms. The highest BCUT2D eigenvalue weighted by Crippen LogP contribution is 2.16. The number of hydrogen-bond donors (Lipinski definition) is 1. The lowest BCUT2D eigenvalue weighted by Gasteiger charge is -2.01. The number of rotatable bonds is 0. The molecule has 0 rings (SSSR count). The lowest BCUT2D eigenvalue weighted by atomic mass is 10.6. The van der Waals surface area contributed by atoms with Crippen LogP contribution in [0.4, 0.5) is 13.2 Å². The van der Waals surface area contributed by atoms with Gasteiger partial charge >= 0.3 is 24.1 Å². The van der Waals surface area contributed by atoms with Crippen LogP contribution in [0.1, 0.15) is 6.92 Å². The zero-order chi connectivity index (χ0) is 12.6. The number of alkyl halides is 3. The van der Waals surface area contributed by atoms with Crippen LogP contribution in [0, 0.1) is 12.3 Å². The summed E-state index contributed by atoms with van der Waals surface area (Å²) in [5.74, 6) is -3.53. The van der Waals surface area contributed by atoms with Crippen molar-refractivity contribution in [3.63, 3.8) is 0 Å². The molecule has 0 saturated carbocycles. The summed E-state index contributed by atoms with van der Waals surface area (Å²) in [5, 5.41) is 7.49. The largest absolute Gasteiger partial charge is 0.491 e. The van der Waals surface area contributed by atoms with E-state index in [1.807, 2.05) is 0 Å². The van der Waals surface area contributed by atoms with E-state index in [0.29, 0.717) is 6.92 Å². The maximum atomic E-state index is 11.2. The lowest BCUT2D eigenvalue weighted by Crippen LogP contribution is -2.26. The maximum absolute atomic E-state index is 11.2. The zero-order valence-electron chi connectivity index (χ0n) is 7.29. The summed E-state index contributed by atoms with van der Waals surface area (Å²) in [4.78, 5) is 28.6. The van der Waals surface area contributed by atoms with E-state index in [1.165, 1.54) is 5.92 Å². The number of terminal acetylenes is 1. The molecule has 0 radical (unpaired) electrons. The quantitative estimate of drug-likeness (QED) is 0.366. The molecular formula is C7H5F3O5. The Bertz CT molecular complexity index is 299. The number of aliphatic carboxylic acids is 1. The van der Waals surface area contributed by atoms with Crippen LogP contribution < -0.4 is 0 Å². The maximum Gasteiger partial charge on any atom is 0.491 e. The van der Waals surface area contributed by atoms with Crippen molar-refractivity contribution in [2.75, 3.05) is 0 Å². The molecule has 0 aliphatic rings. The minimum atomic E-state index is -5.09. The van der Waals surface area contributed by atoms with E-state index in [4.69, 9.17) is 9.90 Å². The van der Waals surface area contributed by atoms with Crippen LogP contribution in [0.15, 0.2) is 0 Å². The van der Waals surface area contributed by atoms with Crippen molar-refractivity contribution in [1.82, 2.24) is 0 Å². The van der Waals surface area contributed by atoms with Crippen molar-refractivity contribution in [2.24, 2.45) is 0 Å². The summed E-state index contributed by atoms with van der Waals surface area (Å²) in [6.07, 6.45) is -0.770. The highest BCUT2D eigenvalue weighted by atomic mass is 19.4. The van der Waals surface area contributed by atoms with Gasteiger partial charge in [-0.3, -0.25) is 4.79 Å². The van der Waals surface area contributed by atoms with Crippen molar-refractivity contribution in [1.29, 1.82) is 0 Å². The summed E-state index contributed by atoms with van der Waals surface area (Å²) in [7, 11) is 0. The molecule has 0 fully saturated rings. The molecule has 0 amide bonds. The van der Waals surface area contributed by atoms with Gasteiger partial charge in [-0.2, -0.15) is 13.2 Å². The molecule has 0 aromatic carbocycles. The van der Waals surface area contributed by atoms with Gasteiger partial charge < -0.3 is 9.84 Å². The number of halogens is 3. The standard InChI is InChI=1S/C4H3F3O3.C3H2O2/c1-2(8)10-3(9)4(5,6)7;1-2-3(4)5/h1H3;1H,(H,4,5). The van der Waals surface area contributed by atoms with Crippen molar-refractivity contribution < 1.29 is 37.4 Å². The second kappa shape index (κ2) is 6.42. The minimum Gasteiger partial charge on any atom is -0.472 e. The first kappa shape index (κ1) is 15.4. The molecular weight excluding hydrogens is 221 g/mol. The van der Waals surface area contributed by atoms with Crippen LogP contribution in [-0.2, 0) is 19.1 Å². The predicted molar refractivity (Wildman–Crippen MR) is 39.3 cm³/mol. The van der Waals surface area contributed by atoms with E-state index in [2.05, 4.69) is 11.2 Å². The third-order valence-corrected chi connectivity index (χ3v) is 0.591. The van der Waals surface area contributed by atoms with Crippen LogP contribution in [0.2, 0.25) is 0 Å². The number of ether oxygens (including phenoxy) is 1. The van der Waals surface area contributed by atoms with Gasteiger partial charge in [0.2, 0.25) is 0 Å². The monoisotopic (exact) mass is 226 g/mol. The van der Waals surface area contributed by atoms with E-state index in [1.54, 1.807) is 0 Å². The molecule has 0 aliphatic carbocycles. The van der Waals surface area contributed by atoms with Crippen molar-refractivity contribution in [2.45, 2.75) is 13.1 Å². The number of carbonyl (C=O) groups excluding carboxylic acids is 2. The Balaban J connectivity index is 0. The molecule has 0 aromatic rings. The fourth-order valence-corrected chi connectivity index (χ4v) is 0.188. The zero-order valence-corrected chi connectivity index (χ0v) is 7.29. The minimum absolute atomic E-state index is 0.712. The van der Waals surface area contributed by atoms with E-state index in [-0.39, 0.29) is 0 Å². The van der Waals surface area contributed by atoms with Crippen molar-refractivity contribution >= 4 is 17.9 Å². The Labute approximate surface area is 81.8 Å². The van der Waals surface area contributed by atoms with Crippen LogP contribution >= 0.6 is 0 Å². The number of esters is 2. The molecule has 0 bridgehead atoms. The molecule has 5 nitrogen and oxygen atoms in total. The Hall–Kier alpha value is -2.04. The van der Waals surface area contributed by atoms with E-state index < -0.39 is 24.1 Å². The van der Waals surface area contributed by atoms with Crippen LogP contribution in [0.5, 0.6) is 0 Å². The van der Waals surface area contributed by atoms with Gasteiger partial charge in [0.1, 0.15) is 0 Å². The van der Waals surface area contributed by atoms with Gasteiger partial charge in [0.05, 0.1) is 0 Å². The molecule has 0 heterocycles. The SMILES string of the molecule is C#CC(=O)O.CC(=O)OC(=O)C(F)(F)F. The summed E-state index contributed by atoms with van der Waals surface area (Å²) >= 11 is 0. The van der Waals surface area contributed by atoms with Gasteiger partial charge in [0.15, 0.2) is 0 Å². The van der Waals surface area contributed by atoms with Crippen LogP contribution in [0.25, 0.3) is 0 Å². The van der Waals surface area contributed by atoms with Crippen LogP contribution in [-0.4, -0.2) is 29.2 Å². The van der Waals surface area contributed by atoms with Crippen molar-refractivity contribution in [3.05, 3.63) is 0 Å². The van der Waals surface area contributed by atoms with Crippen LogP contribution in [0.3, 0.4) is 0 Å². The highest BCUT2D eigenvalue weighted by molar-refractivity contribution is 5.87. The van der Waals surface area contributed by atoms with Gasteiger partial charge in [-0.1, -0.05) is 0 Å². The average molecular weight is 226 g/mol. The molecule has 0 atom stereocenters. The topological polar surface area (TPSA) is 80.7 Å². The number of carboxylic acid groups (broad SMARTS) is 1. The molecule has 84 valence electrons. The van der Waals surface area contributed by atoms with Gasteiger partial charge in [-0.25, -0.2) is 9.59 Å². The number of carboxylic acids is 1. The van der Waals surface area contributed by atoms with E-state index in [0.717, 1.165) is 0 Å². The predicted octanol–water partition coefficient (Wildman–Crippen LogP) is 0.343. The molecule has 0 aliphatic heterocycles. The Kier molecular flexibility index (Phi) is 6.60. The third kappa shape index (κ3) is 12.0. The van der Waals surface area contributed by atoms with Gasteiger partial charge in [-0.15, -0.1) is 6.42 Å². The van der Waals surface area contributed by atoms with E-state index in [9.17, 15) is 22.8 Å². The molecule has 0 unspecified atom stereocenters. The Morgan fingerprint density at radius 1 is 1.33 bits per heavy atom. The highest BCUT2D eigenvalue weighted by Gasteiger charge is 2.41. The van der Waals surface area contributed by atoms with Gasteiger partial charge in [0.25, 0.3) is 0 Å². The number of carbonyl (C=O) groups is 3. The normalized spacial score (nSPS) is 9.00. The average Bonchev–Trinajstić information content (AvgIpc) is 2.02. The van der Waals surface area contributed by atoms with Gasteiger partial charge in [0, 0.05) is 12.8 Å². The first-order valence-corrected chi connectivity index (χ1v) is 3.10. The summed E-state index contributed by atoms with van der Waals surface area (Å²) < 4.78 is 36.8. The molecule has 0 spiro atoms. The van der Waals surface area contributed by atoms with Crippen molar-refractivity contribution in [3.8, 4) is 12.3 Å². The molecule has 1 N–H and O–H groups in total. The first-order chi connectivity index (χ1) is 6.61. The van der Waals surface area contributed by atoms with Gasteiger partial charge in [-0.05, 0) is 0 Å². The molecule has 0 aromatic heterocycles. The molecule has 15 heavy (non-hydrogen) atoms. The summed E-state index contributed by atoms with van der Waals surface area (Å²) in [6, 6.07) is 0. The number of hydrogen-bond acceptors (Lipinski definition) is 4. The fraction of sp³-hybridized carbons (Fsp3) is 0.286. The smallest absolute Gasteiger partial charge is 0.472 e. The lowest BCUT2D eigenvalue weighted by molar-refractivity contribution is -0.201. The second-order valence-corrected chi connectivity index (χ2v) is 1.83. The third-order valence-electron chi connectivity index (χ3n) is 0.591. The van der Waals surface area contributed by atoms with E-state index >= 15 is 0 Å². The fourth-order valence-electron chi connectivity index (χ4n) is 0.188. The second-order valence-electron chi connectivity index (χ2n) is 1.83. The first-order valence-electron chi connectivity index (χ1n) is 3.10. The Morgan fingerprint density at radius 2 is 1.67 bits per heavy atom. The molecule has 0 saturated heterocycles. The summed E-state index contributed by atoms with van der Waals surface area (Å²) in [6.45, 7) is 0.712.